The Morgan fingerprint density at radius 2 is 2.00 bits per heavy atom. The minimum absolute atomic E-state index is 0.457. The molecule has 0 atom stereocenters. The predicted molar refractivity (Wildman–Crippen MR) is 53.0 cm³/mol. The molecule has 0 saturated carbocycles. The van der Waals surface area contributed by atoms with E-state index in [0.717, 1.165) is 12.5 Å². The van der Waals surface area contributed by atoms with Crippen molar-refractivity contribution in [3.8, 4) is 0 Å². The molecule has 0 aliphatic carbocycles. The topological polar surface area (TPSA) is 9.23 Å². The molecule has 0 radical (unpaired) electrons. The second-order valence-corrected chi connectivity index (χ2v) is 4.40. The van der Waals surface area contributed by atoms with Crippen LogP contribution in [0.25, 0.3) is 0 Å². The highest BCUT2D eigenvalue weighted by Crippen LogP contribution is 2.23. The van der Waals surface area contributed by atoms with E-state index in [2.05, 4.69) is 27.0 Å². The summed E-state index contributed by atoms with van der Waals surface area (Å²) in [4.78, 5) is 0. The van der Waals surface area contributed by atoms with Crippen LogP contribution in [0.4, 0.5) is 0 Å². The Kier molecular flexibility index (Phi) is 6.06. The molecule has 0 aromatic heterocycles. The van der Waals surface area contributed by atoms with Gasteiger partial charge in [-0.1, -0.05) is 27.2 Å². The molecule has 0 aromatic rings. The highest BCUT2D eigenvalue weighted by Gasteiger charge is 2.13. The molecule has 11 heavy (non-hydrogen) atoms. The third-order valence-corrected chi connectivity index (χ3v) is 2.48. The zero-order chi connectivity index (χ0) is 8.74. The molecular formula is C9H20OS. The first-order valence-electron chi connectivity index (χ1n) is 4.19. The number of thioether (sulfide) groups is 1. The monoisotopic (exact) mass is 176 g/mol. The van der Waals surface area contributed by atoms with Crippen molar-refractivity contribution in [3.63, 3.8) is 0 Å². The van der Waals surface area contributed by atoms with E-state index in [-0.39, 0.29) is 0 Å². The van der Waals surface area contributed by atoms with Crippen LogP contribution in [0.3, 0.4) is 0 Å². The molecule has 0 saturated heterocycles. The molecule has 0 fully saturated rings. The molecule has 2 heteroatoms. The van der Waals surface area contributed by atoms with E-state index in [4.69, 9.17) is 4.74 Å². The summed E-state index contributed by atoms with van der Waals surface area (Å²) in [5, 5.41) is 0. The number of rotatable bonds is 6. The number of ether oxygens (including phenoxy) is 1. The van der Waals surface area contributed by atoms with Gasteiger partial charge in [-0.05, 0) is 18.1 Å². The maximum Gasteiger partial charge on any atom is 0.0918 e. The minimum atomic E-state index is 0.457. The van der Waals surface area contributed by atoms with Gasteiger partial charge in [0.1, 0.15) is 0 Å². The fourth-order valence-electron chi connectivity index (χ4n) is 0.667. The van der Waals surface area contributed by atoms with Gasteiger partial charge in [0.05, 0.1) is 5.94 Å². The van der Waals surface area contributed by atoms with Crippen LogP contribution in [-0.4, -0.2) is 18.8 Å². The van der Waals surface area contributed by atoms with Gasteiger partial charge in [-0.2, -0.15) is 0 Å². The molecule has 0 aliphatic heterocycles. The molecule has 0 heterocycles. The summed E-state index contributed by atoms with van der Waals surface area (Å²) in [5.41, 5.74) is 0.457. The van der Waals surface area contributed by atoms with Crippen LogP contribution in [0.1, 0.15) is 33.6 Å². The van der Waals surface area contributed by atoms with Gasteiger partial charge in [0.2, 0.25) is 0 Å². The Morgan fingerprint density at radius 1 is 1.36 bits per heavy atom. The molecular weight excluding hydrogens is 156 g/mol. The zero-order valence-corrected chi connectivity index (χ0v) is 8.96. The average Bonchev–Trinajstić information content (AvgIpc) is 1.99. The Hall–Kier alpha value is 0.310. The van der Waals surface area contributed by atoms with Crippen molar-refractivity contribution < 1.29 is 4.74 Å². The van der Waals surface area contributed by atoms with E-state index in [1.807, 2.05) is 0 Å². The van der Waals surface area contributed by atoms with Crippen molar-refractivity contribution in [2.24, 2.45) is 5.41 Å². The SMILES string of the molecule is CCC(C)(C)CCOCSC. The first kappa shape index (κ1) is 11.3. The van der Waals surface area contributed by atoms with Crippen molar-refractivity contribution in [2.75, 3.05) is 18.8 Å². The van der Waals surface area contributed by atoms with Gasteiger partial charge in [-0.15, -0.1) is 11.8 Å². The fraction of sp³-hybridized carbons (Fsp3) is 1.00. The Morgan fingerprint density at radius 3 is 2.45 bits per heavy atom. The van der Waals surface area contributed by atoms with Crippen molar-refractivity contribution in [1.29, 1.82) is 0 Å². The Labute approximate surface area is 74.9 Å². The maximum atomic E-state index is 5.38. The summed E-state index contributed by atoms with van der Waals surface area (Å²) in [6, 6.07) is 0. The van der Waals surface area contributed by atoms with Crippen LogP contribution in [0.5, 0.6) is 0 Å². The summed E-state index contributed by atoms with van der Waals surface area (Å²) in [5.74, 6) is 0.833. The van der Waals surface area contributed by atoms with Crippen LogP contribution in [-0.2, 0) is 4.74 Å². The summed E-state index contributed by atoms with van der Waals surface area (Å²) < 4.78 is 5.38. The van der Waals surface area contributed by atoms with E-state index in [1.165, 1.54) is 12.8 Å². The number of hydrogen-bond donors (Lipinski definition) is 0. The average molecular weight is 176 g/mol. The summed E-state index contributed by atoms with van der Waals surface area (Å²) >= 11 is 1.74. The Bertz CT molecular complexity index is 91.6. The lowest BCUT2D eigenvalue weighted by Crippen LogP contribution is -2.12. The summed E-state index contributed by atoms with van der Waals surface area (Å²) in [7, 11) is 0. The van der Waals surface area contributed by atoms with Crippen molar-refractivity contribution >= 4 is 11.8 Å². The molecule has 0 rings (SSSR count). The van der Waals surface area contributed by atoms with Gasteiger partial charge in [0.15, 0.2) is 0 Å². The molecule has 0 aromatic carbocycles. The quantitative estimate of drug-likeness (QED) is 0.454. The van der Waals surface area contributed by atoms with Gasteiger partial charge in [-0.3, -0.25) is 0 Å². The lowest BCUT2D eigenvalue weighted by atomic mass is 9.87. The first-order valence-corrected chi connectivity index (χ1v) is 5.58. The number of hydrogen-bond acceptors (Lipinski definition) is 2. The fourth-order valence-corrected chi connectivity index (χ4v) is 0.952. The maximum absolute atomic E-state index is 5.38. The van der Waals surface area contributed by atoms with Gasteiger partial charge in [-0.25, -0.2) is 0 Å². The van der Waals surface area contributed by atoms with E-state index < -0.39 is 0 Å². The summed E-state index contributed by atoms with van der Waals surface area (Å²) in [6.07, 6.45) is 4.46. The molecule has 0 amide bonds. The third-order valence-electron chi connectivity index (χ3n) is 2.08. The van der Waals surface area contributed by atoms with E-state index in [1.54, 1.807) is 11.8 Å². The normalized spacial score (nSPS) is 12.0. The van der Waals surface area contributed by atoms with Crippen molar-refractivity contribution in [1.82, 2.24) is 0 Å². The van der Waals surface area contributed by atoms with E-state index >= 15 is 0 Å². The highest BCUT2D eigenvalue weighted by molar-refractivity contribution is 7.98. The van der Waals surface area contributed by atoms with Crippen LogP contribution in [0.15, 0.2) is 0 Å². The van der Waals surface area contributed by atoms with E-state index in [9.17, 15) is 0 Å². The smallest absolute Gasteiger partial charge is 0.0918 e. The lowest BCUT2D eigenvalue weighted by Gasteiger charge is -2.21. The van der Waals surface area contributed by atoms with Crippen LogP contribution >= 0.6 is 11.8 Å². The van der Waals surface area contributed by atoms with Crippen molar-refractivity contribution in [3.05, 3.63) is 0 Å². The van der Waals surface area contributed by atoms with Gasteiger partial charge in [0, 0.05) is 6.61 Å². The molecule has 0 unspecified atom stereocenters. The molecule has 0 spiro atoms. The lowest BCUT2D eigenvalue weighted by molar-refractivity contribution is 0.139. The predicted octanol–water partition coefficient (Wildman–Crippen LogP) is 3.15. The zero-order valence-electron chi connectivity index (χ0n) is 8.14. The second-order valence-electron chi connectivity index (χ2n) is 3.58. The Balaban J connectivity index is 3.23. The van der Waals surface area contributed by atoms with Gasteiger partial charge in [0.25, 0.3) is 0 Å². The van der Waals surface area contributed by atoms with Crippen LogP contribution in [0, 0.1) is 5.41 Å². The van der Waals surface area contributed by atoms with E-state index in [0.29, 0.717) is 5.41 Å². The molecule has 68 valence electrons. The highest BCUT2D eigenvalue weighted by atomic mass is 32.2. The first-order chi connectivity index (χ1) is 5.12. The molecule has 0 N–H and O–H groups in total. The molecule has 0 bridgehead atoms. The van der Waals surface area contributed by atoms with Crippen LogP contribution in [0.2, 0.25) is 0 Å². The van der Waals surface area contributed by atoms with Crippen LogP contribution < -0.4 is 0 Å². The second kappa shape index (κ2) is 5.90. The van der Waals surface area contributed by atoms with Gasteiger partial charge < -0.3 is 4.74 Å². The summed E-state index contributed by atoms with van der Waals surface area (Å²) in [6.45, 7) is 7.71. The standard InChI is InChI=1S/C9H20OS/c1-5-9(2,3)6-7-10-8-11-4/h5-8H2,1-4H3. The van der Waals surface area contributed by atoms with Gasteiger partial charge >= 0.3 is 0 Å². The minimum Gasteiger partial charge on any atom is -0.371 e. The third kappa shape index (κ3) is 6.70. The molecule has 0 aliphatic rings. The van der Waals surface area contributed by atoms with Crippen molar-refractivity contribution in [2.45, 2.75) is 33.6 Å². The largest absolute Gasteiger partial charge is 0.371 e. The molecule has 1 nitrogen and oxygen atoms in total.